The van der Waals surface area contributed by atoms with E-state index in [1.165, 1.54) is 21.5 Å². The number of nitrogens with zero attached hydrogens (tertiary/aromatic N) is 2. The van der Waals surface area contributed by atoms with Gasteiger partial charge in [0.25, 0.3) is 0 Å². The van der Waals surface area contributed by atoms with Crippen molar-refractivity contribution in [2.75, 3.05) is 0 Å². The van der Waals surface area contributed by atoms with Gasteiger partial charge in [-0.25, -0.2) is 9.97 Å². The molecule has 2 N–H and O–H groups in total. The van der Waals surface area contributed by atoms with Crippen LogP contribution >= 0.6 is 0 Å². The number of H-pyrrole nitrogens is 2. The predicted octanol–water partition coefficient (Wildman–Crippen LogP) is 5.41. The molecule has 0 radical (unpaired) electrons. The zero-order valence-corrected chi connectivity index (χ0v) is 13.8. The Morgan fingerprint density at radius 3 is 1.31 bits per heavy atom. The van der Waals surface area contributed by atoms with Crippen molar-refractivity contribution >= 4 is 43.6 Å². The predicted molar refractivity (Wildman–Crippen MR) is 106 cm³/mol. The minimum absolute atomic E-state index is 0.760. The van der Waals surface area contributed by atoms with E-state index in [4.69, 9.17) is 9.97 Å². The van der Waals surface area contributed by atoms with Crippen LogP contribution in [0.25, 0.3) is 55.3 Å². The fourth-order valence-electron chi connectivity index (χ4n) is 3.62. The van der Waals surface area contributed by atoms with Crippen molar-refractivity contribution in [2.45, 2.75) is 0 Å². The average molecular weight is 334 g/mol. The lowest BCUT2D eigenvalue weighted by Gasteiger charge is -1.95. The van der Waals surface area contributed by atoms with Crippen LogP contribution in [0.2, 0.25) is 0 Å². The van der Waals surface area contributed by atoms with Crippen LogP contribution in [0.4, 0.5) is 0 Å². The van der Waals surface area contributed by atoms with E-state index in [1.54, 1.807) is 0 Å². The third-order valence-corrected chi connectivity index (χ3v) is 4.92. The number of rotatable bonds is 1. The van der Waals surface area contributed by atoms with Gasteiger partial charge in [0, 0.05) is 0 Å². The van der Waals surface area contributed by atoms with Crippen molar-refractivity contribution in [3.63, 3.8) is 0 Å². The largest absolute Gasteiger partial charge is 0.335 e. The molecule has 0 amide bonds. The molecular weight excluding hydrogens is 320 g/mol. The molecule has 4 nitrogen and oxygen atoms in total. The fraction of sp³-hybridized carbons (Fsp3) is 0. The summed E-state index contributed by atoms with van der Waals surface area (Å²) in [5, 5.41) is 4.78. The van der Waals surface area contributed by atoms with E-state index < -0.39 is 0 Å². The van der Waals surface area contributed by atoms with Crippen LogP contribution in [0.3, 0.4) is 0 Å². The summed E-state index contributed by atoms with van der Waals surface area (Å²) in [5.41, 5.74) is 3.93. The maximum atomic E-state index is 4.75. The summed E-state index contributed by atoms with van der Waals surface area (Å²) >= 11 is 0. The minimum atomic E-state index is 0.760. The topological polar surface area (TPSA) is 57.4 Å². The Bertz CT molecular complexity index is 1220. The number of hydrogen-bond acceptors (Lipinski definition) is 2. The number of fused-ring (bicyclic) bond motifs is 4. The second-order valence-electron chi connectivity index (χ2n) is 6.60. The highest BCUT2D eigenvalue weighted by atomic mass is 15.0. The first-order valence-electron chi connectivity index (χ1n) is 8.61. The Labute approximate surface area is 148 Å². The van der Waals surface area contributed by atoms with Crippen LogP contribution < -0.4 is 0 Å². The number of hydrogen-bond donors (Lipinski definition) is 2. The number of aromatic nitrogens is 4. The monoisotopic (exact) mass is 334 g/mol. The molecule has 6 rings (SSSR count). The molecule has 0 atom stereocenters. The Kier molecular flexibility index (Phi) is 2.58. The van der Waals surface area contributed by atoms with Gasteiger partial charge in [-0.05, 0) is 45.8 Å². The third kappa shape index (κ3) is 1.96. The maximum absolute atomic E-state index is 4.75. The van der Waals surface area contributed by atoms with E-state index in [1.807, 2.05) is 12.1 Å². The van der Waals surface area contributed by atoms with E-state index in [2.05, 4.69) is 70.6 Å². The van der Waals surface area contributed by atoms with Crippen LogP contribution in [-0.4, -0.2) is 19.9 Å². The zero-order valence-electron chi connectivity index (χ0n) is 13.8. The highest BCUT2D eigenvalue weighted by Crippen LogP contribution is 2.27. The summed E-state index contributed by atoms with van der Waals surface area (Å²) in [7, 11) is 0. The maximum Gasteiger partial charge on any atom is 0.174 e. The van der Waals surface area contributed by atoms with Gasteiger partial charge < -0.3 is 9.97 Å². The Balaban J connectivity index is 1.56. The highest BCUT2D eigenvalue weighted by Gasteiger charge is 2.11. The van der Waals surface area contributed by atoms with Gasteiger partial charge >= 0.3 is 0 Å². The molecule has 26 heavy (non-hydrogen) atoms. The van der Waals surface area contributed by atoms with E-state index in [9.17, 15) is 0 Å². The molecule has 2 heterocycles. The normalized spacial score (nSPS) is 11.8. The van der Waals surface area contributed by atoms with E-state index >= 15 is 0 Å². The number of nitrogens with one attached hydrogen (secondary N) is 2. The molecule has 0 aliphatic heterocycles. The standard InChI is InChI=1S/C22H14N4/c1-2-6-14-10-18-17(9-13(14)5-1)23-21(24-18)22-25-19-11-15-7-3-4-8-16(15)12-20(19)26-22/h1-12H,(H,23,24)(H,25,26). The summed E-state index contributed by atoms with van der Waals surface area (Å²) in [4.78, 5) is 16.3. The van der Waals surface area contributed by atoms with Gasteiger partial charge in [0.05, 0.1) is 22.1 Å². The molecule has 0 fully saturated rings. The summed E-state index contributed by atoms with van der Waals surface area (Å²) in [6.07, 6.45) is 0. The zero-order chi connectivity index (χ0) is 17.1. The molecule has 0 bridgehead atoms. The van der Waals surface area contributed by atoms with Crippen LogP contribution in [0.1, 0.15) is 0 Å². The first-order valence-corrected chi connectivity index (χ1v) is 8.61. The van der Waals surface area contributed by atoms with Gasteiger partial charge in [-0.1, -0.05) is 48.5 Å². The lowest BCUT2D eigenvalue weighted by molar-refractivity contribution is 1.22. The summed E-state index contributed by atoms with van der Waals surface area (Å²) < 4.78 is 0. The fourth-order valence-corrected chi connectivity index (χ4v) is 3.62. The van der Waals surface area contributed by atoms with Gasteiger partial charge in [-0.15, -0.1) is 0 Å². The molecule has 6 aromatic rings. The van der Waals surface area contributed by atoms with Gasteiger partial charge in [-0.2, -0.15) is 0 Å². The SMILES string of the molecule is c1ccc2cc3[nH]c(-c4nc5cc6ccccc6cc5[nH]4)nc3cc2c1. The van der Waals surface area contributed by atoms with Gasteiger partial charge in [0.2, 0.25) is 0 Å². The Morgan fingerprint density at radius 1 is 0.500 bits per heavy atom. The molecule has 2 aromatic heterocycles. The molecule has 4 aromatic carbocycles. The molecule has 0 aliphatic rings. The van der Waals surface area contributed by atoms with Crippen molar-refractivity contribution in [3.8, 4) is 11.6 Å². The van der Waals surface area contributed by atoms with E-state index in [0.29, 0.717) is 0 Å². The van der Waals surface area contributed by atoms with Crippen molar-refractivity contribution in [1.29, 1.82) is 0 Å². The molecule has 0 spiro atoms. The first-order chi connectivity index (χ1) is 12.8. The second-order valence-corrected chi connectivity index (χ2v) is 6.60. The number of benzene rings is 4. The van der Waals surface area contributed by atoms with Crippen LogP contribution in [0.15, 0.2) is 72.8 Å². The van der Waals surface area contributed by atoms with E-state index in [-0.39, 0.29) is 0 Å². The molecule has 0 unspecified atom stereocenters. The number of imidazole rings is 2. The highest BCUT2D eigenvalue weighted by molar-refractivity contribution is 5.97. The molecule has 4 heteroatoms. The van der Waals surface area contributed by atoms with Crippen molar-refractivity contribution in [3.05, 3.63) is 72.8 Å². The van der Waals surface area contributed by atoms with Crippen LogP contribution in [0, 0.1) is 0 Å². The van der Waals surface area contributed by atoms with Crippen LogP contribution in [0.5, 0.6) is 0 Å². The quantitative estimate of drug-likeness (QED) is 0.422. The molecule has 0 aliphatic carbocycles. The molecule has 0 saturated heterocycles. The van der Waals surface area contributed by atoms with Crippen LogP contribution in [-0.2, 0) is 0 Å². The summed E-state index contributed by atoms with van der Waals surface area (Å²) in [5.74, 6) is 1.52. The average Bonchev–Trinajstić information content (AvgIpc) is 3.27. The lowest BCUT2D eigenvalue weighted by atomic mass is 10.1. The summed E-state index contributed by atoms with van der Waals surface area (Å²) in [6.45, 7) is 0. The molecule has 0 saturated carbocycles. The summed E-state index contributed by atoms with van der Waals surface area (Å²) in [6, 6.07) is 25.1. The Morgan fingerprint density at radius 2 is 0.885 bits per heavy atom. The lowest BCUT2D eigenvalue weighted by Crippen LogP contribution is -1.81. The minimum Gasteiger partial charge on any atom is -0.335 e. The van der Waals surface area contributed by atoms with Gasteiger partial charge in [0.1, 0.15) is 0 Å². The van der Waals surface area contributed by atoms with Crippen molar-refractivity contribution < 1.29 is 0 Å². The molecular formula is C22H14N4. The first kappa shape index (κ1) is 13.6. The van der Waals surface area contributed by atoms with Crippen molar-refractivity contribution in [2.24, 2.45) is 0 Å². The molecule has 122 valence electrons. The van der Waals surface area contributed by atoms with E-state index in [0.717, 1.165) is 33.7 Å². The second kappa shape index (κ2) is 4.92. The van der Waals surface area contributed by atoms with Gasteiger partial charge in [0.15, 0.2) is 11.6 Å². The third-order valence-electron chi connectivity index (χ3n) is 4.92. The van der Waals surface area contributed by atoms with Crippen molar-refractivity contribution in [1.82, 2.24) is 19.9 Å². The van der Waals surface area contributed by atoms with Gasteiger partial charge in [-0.3, -0.25) is 0 Å². The number of aromatic amines is 2. The smallest absolute Gasteiger partial charge is 0.174 e. The Hall–Kier alpha value is -3.66.